The second kappa shape index (κ2) is 7.71. The van der Waals surface area contributed by atoms with Crippen LogP contribution in [0.1, 0.15) is 25.0 Å². The number of nitrogens with one attached hydrogen (secondary N) is 1. The Bertz CT molecular complexity index is 721. The molecule has 0 aromatic heterocycles. The van der Waals surface area contributed by atoms with Crippen LogP contribution in [-0.2, 0) is 4.79 Å². The Labute approximate surface area is 138 Å². The highest BCUT2D eigenvalue weighted by atomic mass is 79.9. The normalized spacial score (nSPS) is 12.1. The van der Waals surface area contributed by atoms with Crippen molar-refractivity contribution in [2.75, 3.05) is 0 Å². The van der Waals surface area contributed by atoms with Crippen LogP contribution in [-0.4, -0.2) is 11.5 Å². The number of carbonyl (C=O) groups excluding carboxylic acids is 1. The molecule has 0 atom stereocenters. The lowest BCUT2D eigenvalue weighted by Gasteiger charge is -2.09. The standard InChI is InChI=1S/C18H17BrN2O/c1-13(11-14(2)22)20-21-18(15-7-4-3-5-8-15)16-9-6-10-17(19)12-16/h3-12,20H,1-2H3/b13-11+,21-18+. The van der Waals surface area contributed by atoms with Crippen molar-refractivity contribution < 1.29 is 4.79 Å². The summed E-state index contributed by atoms with van der Waals surface area (Å²) in [4.78, 5) is 11.1. The first-order valence-corrected chi connectivity index (χ1v) is 7.69. The van der Waals surface area contributed by atoms with Crippen LogP contribution in [0.15, 0.2) is 75.9 Å². The Morgan fingerprint density at radius 3 is 2.36 bits per heavy atom. The summed E-state index contributed by atoms with van der Waals surface area (Å²) in [5, 5.41) is 4.48. The molecule has 2 rings (SSSR count). The molecule has 0 spiro atoms. The van der Waals surface area contributed by atoms with E-state index in [0.717, 1.165) is 21.3 Å². The van der Waals surface area contributed by atoms with Gasteiger partial charge in [0.1, 0.15) is 0 Å². The third-order valence-corrected chi connectivity index (χ3v) is 3.40. The number of hydrogen-bond acceptors (Lipinski definition) is 3. The molecule has 22 heavy (non-hydrogen) atoms. The van der Waals surface area contributed by atoms with Crippen molar-refractivity contribution >= 4 is 27.4 Å². The molecule has 1 N–H and O–H groups in total. The minimum atomic E-state index is -0.0103. The monoisotopic (exact) mass is 356 g/mol. The number of halogens is 1. The van der Waals surface area contributed by atoms with Crippen LogP contribution >= 0.6 is 15.9 Å². The average Bonchev–Trinajstić information content (AvgIpc) is 2.48. The van der Waals surface area contributed by atoms with E-state index in [1.165, 1.54) is 13.0 Å². The van der Waals surface area contributed by atoms with Crippen molar-refractivity contribution in [1.29, 1.82) is 0 Å². The fourth-order valence-corrected chi connectivity index (χ4v) is 2.41. The lowest BCUT2D eigenvalue weighted by atomic mass is 10.0. The summed E-state index contributed by atoms with van der Waals surface area (Å²) < 4.78 is 0.990. The maximum Gasteiger partial charge on any atom is 0.154 e. The van der Waals surface area contributed by atoms with Crippen molar-refractivity contribution in [3.8, 4) is 0 Å². The van der Waals surface area contributed by atoms with Gasteiger partial charge >= 0.3 is 0 Å². The van der Waals surface area contributed by atoms with E-state index < -0.39 is 0 Å². The average molecular weight is 357 g/mol. The number of carbonyl (C=O) groups is 1. The van der Waals surface area contributed by atoms with E-state index in [1.807, 2.05) is 61.5 Å². The zero-order valence-corrected chi connectivity index (χ0v) is 14.1. The fraction of sp³-hybridized carbons (Fsp3) is 0.111. The Balaban J connectivity index is 2.40. The number of rotatable bonds is 5. The molecule has 0 saturated carbocycles. The van der Waals surface area contributed by atoms with Gasteiger partial charge in [0, 0.05) is 27.4 Å². The zero-order valence-electron chi connectivity index (χ0n) is 12.5. The van der Waals surface area contributed by atoms with Gasteiger partial charge in [-0.05, 0) is 26.0 Å². The van der Waals surface area contributed by atoms with Gasteiger partial charge < -0.3 is 0 Å². The topological polar surface area (TPSA) is 41.5 Å². The lowest BCUT2D eigenvalue weighted by Crippen LogP contribution is -2.12. The summed E-state index contributed by atoms with van der Waals surface area (Å²) in [6.07, 6.45) is 1.52. The molecule has 0 aliphatic carbocycles. The number of hydrazone groups is 1. The molecule has 0 radical (unpaired) electrons. The third kappa shape index (κ3) is 4.67. The summed E-state index contributed by atoms with van der Waals surface area (Å²) in [7, 11) is 0. The first-order chi connectivity index (χ1) is 10.6. The molecule has 0 aliphatic heterocycles. The summed E-state index contributed by atoms with van der Waals surface area (Å²) in [5.41, 5.74) is 6.46. The first-order valence-electron chi connectivity index (χ1n) is 6.90. The molecule has 3 nitrogen and oxygen atoms in total. The van der Waals surface area contributed by atoms with E-state index >= 15 is 0 Å². The number of nitrogens with zero attached hydrogens (tertiary/aromatic N) is 1. The van der Waals surface area contributed by atoms with Crippen LogP contribution in [0.3, 0.4) is 0 Å². The van der Waals surface area contributed by atoms with Crippen LogP contribution in [0, 0.1) is 0 Å². The van der Waals surface area contributed by atoms with E-state index in [4.69, 9.17) is 0 Å². The largest absolute Gasteiger partial charge is 0.295 e. The van der Waals surface area contributed by atoms with E-state index in [0.29, 0.717) is 5.70 Å². The van der Waals surface area contributed by atoms with Crippen molar-refractivity contribution in [3.05, 3.63) is 82.0 Å². The molecule has 0 saturated heterocycles. The van der Waals surface area contributed by atoms with Gasteiger partial charge in [0.2, 0.25) is 0 Å². The minimum absolute atomic E-state index is 0.0103. The summed E-state index contributed by atoms with van der Waals surface area (Å²) in [6.45, 7) is 3.33. The molecule has 4 heteroatoms. The number of allylic oxidation sites excluding steroid dienone is 2. The molecule has 112 valence electrons. The number of ketones is 1. The van der Waals surface area contributed by atoms with Crippen molar-refractivity contribution in [2.24, 2.45) is 5.10 Å². The predicted molar refractivity (Wildman–Crippen MR) is 93.8 cm³/mol. The Hall–Kier alpha value is -2.20. The SMILES string of the molecule is CC(=O)/C=C(\C)N/N=C(\c1ccccc1)c1cccc(Br)c1. The van der Waals surface area contributed by atoms with E-state index in [2.05, 4.69) is 26.5 Å². The van der Waals surface area contributed by atoms with Gasteiger partial charge in [0.15, 0.2) is 5.78 Å². The molecule has 0 aliphatic rings. The summed E-state index contributed by atoms with van der Waals surface area (Å²) in [6, 6.07) is 17.9. The maximum absolute atomic E-state index is 11.1. The van der Waals surface area contributed by atoms with Crippen LogP contribution < -0.4 is 5.43 Å². The lowest BCUT2D eigenvalue weighted by molar-refractivity contribution is -0.112. The summed E-state index contributed by atoms with van der Waals surface area (Å²) >= 11 is 3.48. The van der Waals surface area contributed by atoms with Crippen molar-refractivity contribution in [3.63, 3.8) is 0 Å². The molecule has 0 fully saturated rings. The Morgan fingerprint density at radius 1 is 1.05 bits per heavy atom. The van der Waals surface area contributed by atoms with Crippen LogP contribution in [0.2, 0.25) is 0 Å². The molecule has 0 unspecified atom stereocenters. The van der Waals surface area contributed by atoms with Crippen LogP contribution in [0.25, 0.3) is 0 Å². The van der Waals surface area contributed by atoms with E-state index in [1.54, 1.807) is 0 Å². The summed E-state index contributed by atoms with van der Waals surface area (Å²) in [5.74, 6) is -0.0103. The van der Waals surface area contributed by atoms with E-state index in [-0.39, 0.29) is 5.78 Å². The minimum Gasteiger partial charge on any atom is -0.295 e. The number of benzene rings is 2. The highest BCUT2D eigenvalue weighted by molar-refractivity contribution is 9.10. The van der Waals surface area contributed by atoms with Gasteiger partial charge in [-0.1, -0.05) is 58.4 Å². The number of hydrogen-bond donors (Lipinski definition) is 1. The van der Waals surface area contributed by atoms with Gasteiger partial charge in [0.05, 0.1) is 5.71 Å². The molecular formula is C18H17BrN2O. The van der Waals surface area contributed by atoms with Crippen molar-refractivity contribution in [2.45, 2.75) is 13.8 Å². The van der Waals surface area contributed by atoms with Gasteiger partial charge in [-0.25, -0.2) is 0 Å². The molecule has 0 heterocycles. The maximum atomic E-state index is 11.1. The van der Waals surface area contributed by atoms with Crippen molar-refractivity contribution in [1.82, 2.24) is 5.43 Å². The quantitative estimate of drug-likeness (QED) is 0.493. The van der Waals surface area contributed by atoms with Crippen LogP contribution in [0.4, 0.5) is 0 Å². The Morgan fingerprint density at radius 2 is 1.73 bits per heavy atom. The molecule has 0 amide bonds. The smallest absolute Gasteiger partial charge is 0.154 e. The second-order valence-electron chi connectivity index (χ2n) is 4.89. The molecule has 0 bridgehead atoms. The van der Waals surface area contributed by atoms with Gasteiger partial charge in [-0.15, -0.1) is 0 Å². The van der Waals surface area contributed by atoms with Crippen LogP contribution in [0.5, 0.6) is 0 Å². The highest BCUT2D eigenvalue weighted by Crippen LogP contribution is 2.16. The molecule has 2 aromatic rings. The van der Waals surface area contributed by atoms with E-state index in [9.17, 15) is 4.79 Å². The molecule has 2 aromatic carbocycles. The fourth-order valence-electron chi connectivity index (χ4n) is 2.01. The Kier molecular flexibility index (Phi) is 5.67. The first kappa shape index (κ1) is 16.2. The van der Waals surface area contributed by atoms with Gasteiger partial charge in [0.25, 0.3) is 0 Å². The third-order valence-electron chi connectivity index (χ3n) is 2.91. The second-order valence-corrected chi connectivity index (χ2v) is 5.80. The highest BCUT2D eigenvalue weighted by Gasteiger charge is 2.07. The predicted octanol–water partition coefficient (Wildman–Crippen LogP) is 4.28. The zero-order chi connectivity index (χ0) is 15.9. The van der Waals surface area contributed by atoms with Gasteiger partial charge in [-0.3, -0.25) is 10.2 Å². The molecular weight excluding hydrogens is 340 g/mol. The van der Waals surface area contributed by atoms with Gasteiger partial charge in [-0.2, -0.15) is 5.10 Å².